The number of likely N-dealkylation sites (N-methyl/N-ethyl adjacent to an activating group) is 1. The molecule has 3 rings (SSSR count). The Labute approximate surface area is 149 Å². The van der Waals surface area contributed by atoms with Crippen LogP contribution in [0.15, 0.2) is 23.2 Å². The number of halogens is 1. The molecule has 24 heavy (non-hydrogen) atoms. The molecule has 1 aromatic carbocycles. The molecule has 1 aromatic rings. The summed E-state index contributed by atoms with van der Waals surface area (Å²) < 4.78 is 34.8. The summed E-state index contributed by atoms with van der Waals surface area (Å²) in [6.07, 6.45) is 4.48. The van der Waals surface area contributed by atoms with E-state index in [0.29, 0.717) is 0 Å². The van der Waals surface area contributed by atoms with Gasteiger partial charge in [-0.3, -0.25) is 9.55 Å². The van der Waals surface area contributed by atoms with E-state index < -0.39 is 15.8 Å². The van der Waals surface area contributed by atoms with Crippen LogP contribution >= 0.6 is 12.4 Å². The van der Waals surface area contributed by atoms with Crippen molar-refractivity contribution in [3.05, 3.63) is 41.8 Å². The third-order valence-electron chi connectivity index (χ3n) is 4.80. The van der Waals surface area contributed by atoms with Gasteiger partial charge in [-0.2, -0.15) is 13.1 Å². The van der Waals surface area contributed by atoms with E-state index in [-0.39, 0.29) is 18.4 Å². The molecule has 2 unspecified atom stereocenters. The average Bonchev–Trinajstić information content (AvgIpc) is 2.92. The number of rotatable bonds is 4. The summed E-state index contributed by atoms with van der Waals surface area (Å²) >= 11 is 0. The standard InChI is InChI=1S/C16H22N3O3S.ClH/c1-16(18-23(20,21)22,15-4-3-9-19(15)2)14-6-5-12-7-8-17-11-13(12)10-14;/h5-6,10-11,15,18H,1,3-4,7-9H2,2H3,(H,20,21,22);1H. The molecule has 1 fully saturated rings. The first-order chi connectivity index (χ1) is 10.8. The lowest BCUT2D eigenvalue weighted by molar-refractivity contribution is 0.208. The van der Waals surface area contributed by atoms with Crippen molar-refractivity contribution < 1.29 is 13.0 Å². The van der Waals surface area contributed by atoms with Gasteiger partial charge in [0.1, 0.15) is 0 Å². The monoisotopic (exact) mass is 372 g/mol. The molecule has 2 N–H and O–H groups in total. The molecule has 2 heterocycles. The van der Waals surface area contributed by atoms with Crippen LogP contribution in [0.3, 0.4) is 0 Å². The Morgan fingerprint density at radius 1 is 1.46 bits per heavy atom. The first-order valence-corrected chi connectivity index (χ1v) is 9.19. The quantitative estimate of drug-likeness (QED) is 0.786. The van der Waals surface area contributed by atoms with Crippen molar-refractivity contribution in [3.63, 3.8) is 0 Å². The summed E-state index contributed by atoms with van der Waals surface area (Å²) in [7, 11) is -2.44. The van der Waals surface area contributed by atoms with Gasteiger partial charge in [0.05, 0.1) is 5.54 Å². The first kappa shape index (κ1) is 19.3. The Balaban J connectivity index is 0.00000208. The fourth-order valence-electron chi connectivity index (χ4n) is 3.65. The van der Waals surface area contributed by atoms with Crippen LogP contribution in [0.1, 0.15) is 29.5 Å². The minimum Gasteiger partial charge on any atom is -0.301 e. The highest BCUT2D eigenvalue weighted by Gasteiger charge is 2.43. The molecule has 0 amide bonds. The van der Waals surface area contributed by atoms with Crippen molar-refractivity contribution in [2.75, 3.05) is 20.1 Å². The van der Waals surface area contributed by atoms with Gasteiger partial charge < -0.3 is 4.90 Å². The summed E-state index contributed by atoms with van der Waals surface area (Å²) in [5, 5.41) is 0. The van der Waals surface area contributed by atoms with E-state index in [4.69, 9.17) is 0 Å². The molecular formula is C16H23ClN3O3S. The highest BCUT2D eigenvalue weighted by atomic mass is 35.5. The largest absolute Gasteiger partial charge is 0.334 e. The van der Waals surface area contributed by atoms with E-state index in [1.807, 2.05) is 31.5 Å². The Bertz CT molecular complexity index is 738. The molecule has 8 heteroatoms. The van der Waals surface area contributed by atoms with Crippen molar-refractivity contribution in [2.24, 2.45) is 4.99 Å². The summed E-state index contributed by atoms with van der Waals surface area (Å²) in [5.41, 5.74) is 1.78. The predicted octanol–water partition coefficient (Wildman–Crippen LogP) is 1.60. The van der Waals surface area contributed by atoms with Crippen molar-refractivity contribution in [2.45, 2.75) is 30.8 Å². The molecule has 0 aliphatic carbocycles. The molecule has 1 saturated heterocycles. The second-order valence-corrected chi connectivity index (χ2v) is 7.54. The lowest BCUT2D eigenvalue weighted by Gasteiger charge is -2.39. The van der Waals surface area contributed by atoms with Gasteiger partial charge in [-0.1, -0.05) is 12.1 Å². The summed E-state index contributed by atoms with van der Waals surface area (Å²) in [5.74, 6) is 0. The van der Waals surface area contributed by atoms with Crippen molar-refractivity contribution in [1.82, 2.24) is 9.62 Å². The van der Waals surface area contributed by atoms with Gasteiger partial charge >= 0.3 is 10.3 Å². The van der Waals surface area contributed by atoms with Gasteiger partial charge in [0, 0.05) is 18.8 Å². The number of nitrogens with one attached hydrogen (secondary N) is 1. The topological polar surface area (TPSA) is 82.0 Å². The molecule has 0 bridgehead atoms. The Morgan fingerprint density at radius 3 is 2.83 bits per heavy atom. The predicted molar refractivity (Wildman–Crippen MR) is 97.2 cm³/mol. The second-order valence-electron chi connectivity index (χ2n) is 6.39. The van der Waals surface area contributed by atoms with Gasteiger partial charge in [-0.05, 0) is 62.5 Å². The zero-order valence-electron chi connectivity index (χ0n) is 13.6. The van der Waals surface area contributed by atoms with E-state index in [1.165, 1.54) is 5.56 Å². The Kier molecular flexibility index (Phi) is 5.71. The van der Waals surface area contributed by atoms with Crippen LogP contribution in [0.4, 0.5) is 0 Å². The molecule has 2 atom stereocenters. The van der Waals surface area contributed by atoms with E-state index >= 15 is 0 Å². The number of likely N-dealkylation sites (tertiary alicyclic amines) is 1. The number of hydrogen-bond acceptors (Lipinski definition) is 4. The van der Waals surface area contributed by atoms with Crippen LogP contribution in [-0.2, 0) is 22.3 Å². The summed E-state index contributed by atoms with van der Waals surface area (Å²) in [6.45, 7) is 5.82. The molecule has 2 aliphatic rings. The molecule has 0 saturated carbocycles. The van der Waals surface area contributed by atoms with Crippen LogP contribution < -0.4 is 4.72 Å². The van der Waals surface area contributed by atoms with Crippen molar-refractivity contribution >= 4 is 28.9 Å². The maximum Gasteiger partial charge on any atom is 0.334 e. The zero-order valence-corrected chi connectivity index (χ0v) is 15.2. The molecular weight excluding hydrogens is 350 g/mol. The van der Waals surface area contributed by atoms with Gasteiger partial charge in [0.15, 0.2) is 0 Å². The van der Waals surface area contributed by atoms with E-state index in [1.54, 1.807) is 0 Å². The van der Waals surface area contributed by atoms with Gasteiger partial charge in [-0.25, -0.2) is 0 Å². The highest BCUT2D eigenvalue weighted by molar-refractivity contribution is 7.83. The number of fused-ring (bicyclic) bond motifs is 1. The number of nitrogens with zero attached hydrogens (tertiary/aromatic N) is 2. The smallest absolute Gasteiger partial charge is 0.301 e. The third-order valence-corrected chi connectivity index (χ3v) is 5.42. The third kappa shape index (κ3) is 3.81. The number of hydrogen-bond donors (Lipinski definition) is 2. The molecule has 0 spiro atoms. The minimum atomic E-state index is -4.38. The van der Waals surface area contributed by atoms with Crippen LogP contribution in [0.25, 0.3) is 0 Å². The lowest BCUT2D eigenvalue weighted by Crippen LogP contribution is -2.55. The Morgan fingerprint density at radius 2 is 2.21 bits per heavy atom. The van der Waals surface area contributed by atoms with Crippen LogP contribution in [0, 0.1) is 6.92 Å². The van der Waals surface area contributed by atoms with E-state index in [9.17, 15) is 13.0 Å². The number of aliphatic imine (C=N–C) groups is 1. The fraction of sp³-hybridized carbons (Fsp3) is 0.500. The SMILES string of the molecule is Cl.[CH2]C(NS(=O)(=O)O)(c1ccc2c(c1)C=NCC2)C1CCCN1C. The fourth-order valence-corrected chi connectivity index (χ4v) is 4.36. The van der Waals surface area contributed by atoms with Crippen molar-refractivity contribution in [1.29, 1.82) is 0 Å². The maximum atomic E-state index is 11.5. The van der Waals surface area contributed by atoms with Crippen LogP contribution in [-0.4, -0.2) is 50.3 Å². The number of benzene rings is 1. The van der Waals surface area contributed by atoms with E-state index in [0.717, 1.165) is 43.5 Å². The lowest BCUT2D eigenvalue weighted by atomic mass is 9.82. The average molecular weight is 373 g/mol. The molecule has 2 aliphatic heterocycles. The normalized spacial score (nSPS) is 23.4. The van der Waals surface area contributed by atoms with Crippen LogP contribution in [0.5, 0.6) is 0 Å². The van der Waals surface area contributed by atoms with Crippen LogP contribution in [0.2, 0.25) is 0 Å². The van der Waals surface area contributed by atoms with Crippen molar-refractivity contribution in [3.8, 4) is 0 Å². The van der Waals surface area contributed by atoms with E-state index in [2.05, 4.69) is 21.5 Å². The molecule has 6 nitrogen and oxygen atoms in total. The zero-order chi connectivity index (χ0) is 16.7. The first-order valence-electron chi connectivity index (χ1n) is 7.75. The minimum absolute atomic E-state index is 0. The van der Waals surface area contributed by atoms with Gasteiger partial charge in [0.2, 0.25) is 0 Å². The molecule has 133 valence electrons. The summed E-state index contributed by atoms with van der Waals surface area (Å²) in [6, 6.07) is 5.70. The Hall–Kier alpha value is -0.990. The molecule has 0 aromatic heterocycles. The highest BCUT2D eigenvalue weighted by Crippen LogP contribution is 2.35. The maximum absolute atomic E-state index is 11.5. The van der Waals surface area contributed by atoms with Gasteiger partial charge in [-0.15, -0.1) is 12.4 Å². The van der Waals surface area contributed by atoms with Gasteiger partial charge in [0.25, 0.3) is 0 Å². The second kappa shape index (κ2) is 7.09. The summed E-state index contributed by atoms with van der Waals surface area (Å²) in [4.78, 5) is 6.37. The molecule has 1 radical (unpaired) electrons.